The van der Waals surface area contributed by atoms with Crippen LogP contribution in [0.4, 0.5) is 13.2 Å². The standard InChI is InChI=1S/C5H8F3NO2/c6-5(7,8)3-11-4(10)1-2-9/h1-3,9H2. The van der Waals surface area contributed by atoms with Crippen molar-refractivity contribution in [1.82, 2.24) is 0 Å². The molecule has 0 spiro atoms. The van der Waals surface area contributed by atoms with Gasteiger partial charge in [0.15, 0.2) is 6.61 Å². The monoisotopic (exact) mass is 171 g/mol. The van der Waals surface area contributed by atoms with Crippen molar-refractivity contribution in [2.45, 2.75) is 12.6 Å². The second-order valence-corrected chi connectivity index (χ2v) is 1.81. The third-order valence-electron chi connectivity index (χ3n) is 0.745. The number of halogens is 3. The lowest BCUT2D eigenvalue weighted by atomic mass is 10.4. The summed E-state index contributed by atoms with van der Waals surface area (Å²) in [5, 5.41) is 0. The molecule has 0 heterocycles. The number of nitrogens with two attached hydrogens (primary N) is 1. The number of ether oxygens (including phenoxy) is 1. The minimum Gasteiger partial charge on any atom is -0.456 e. The molecule has 0 aromatic rings. The normalized spacial score (nSPS) is 11.3. The fourth-order valence-corrected chi connectivity index (χ4v) is 0.352. The molecule has 0 atom stereocenters. The van der Waals surface area contributed by atoms with Crippen LogP contribution in [-0.4, -0.2) is 25.3 Å². The van der Waals surface area contributed by atoms with Gasteiger partial charge in [-0.3, -0.25) is 4.79 Å². The third kappa shape index (κ3) is 7.11. The van der Waals surface area contributed by atoms with Gasteiger partial charge in [0.05, 0.1) is 6.42 Å². The number of alkyl halides is 3. The lowest BCUT2D eigenvalue weighted by Gasteiger charge is -2.06. The second kappa shape index (κ2) is 4.17. The molecule has 11 heavy (non-hydrogen) atoms. The van der Waals surface area contributed by atoms with E-state index in [1.807, 2.05) is 0 Å². The van der Waals surface area contributed by atoms with E-state index < -0.39 is 18.8 Å². The van der Waals surface area contributed by atoms with Gasteiger partial charge in [0.1, 0.15) is 0 Å². The van der Waals surface area contributed by atoms with Gasteiger partial charge in [-0.1, -0.05) is 0 Å². The van der Waals surface area contributed by atoms with Gasteiger partial charge in [0.25, 0.3) is 0 Å². The molecule has 0 fully saturated rings. The van der Waals surface area contributed by atoms with Crippen molar-refractivity contribution in [1.29, 1.82) is 0 Å². The van der Waals surface area contributed by atoms with Gasteiger partial charge in [-0.15, -0.1) is 0 Å². The van der Waals surface area contributed by atoms with Gasteiger partial charge in [-0.05, 0) is 0 Å². The predicted molar refractivity (Wildman–Crippen MR) is 30.7 cm³/mol. The van der Waals surface area contributed by atoms with E-state index >= 15 is 0 Å². The van der Waals surface area contributed by atoms with Crippen molar-refractivity contribution in [3.05, 3.63) is 0 Å². The Labute approximate surface area is 61.3 Å². The molecule has 0 aromatic carbocycles. The third-order valence-corrected chi connectivity index (χ3v) is 0.745. The SMILES string of the molecule is NCCC(=O)OCC(F)(F)F. The van der Waals surface area contributed by atoms with E-state index in [0.29, 0.717) is 0 Å². The van der Waals surface area contributed by atoms with Gasteiger partial charge >= 0.3 is 12.1 Å². The van der Waals surface area contributed by atoms with Crippen molar-refractivity contribution < 1.29 is 22.7 Å². The van der Waals surface area contributed by atoms with Crippen LogP contribution in [0.3, 0.4) is 0 Å². The van der Waals surface area contributed by atoms with E-state index in [-0.39, 0.29) is 13.0 Å². The molecule has 0 saturated carbocycles. The largest absolute Gasteiger partial charge is 0.456 e. The number of hydrogen-bond donors (Lipinski definition) is 1. The molecule has 0 aliphatic carbocycles. The Morgan fingerprint density at radius 3 is 2.36 bits per heavy atom. The smallest absolute Gasteiger partial charge is 0.422 e. The summed E-state index contributed by atoms with van der Waals surface area (Å²) in [6.45, 7) is -1.54. The minimum absolute atomic E-state index is 0.00328. The average molecular weight is 171 g/mol. The summed E-state index contributed by atoms with van der Waals surface area (Å²) < 4.78 is 37.8. The summed E-state index contributed by atoms with van der Waals surface area (Å²) in [7, 11) is 0. The first-order chi connectivity index (χ1) is 4.95. The molecule has 6 heteroatoms. The number of carbonyl (C=O) groups excluding carboxylic acids is 1. The highest BCUT2D eigenvalue weighted by atomic mass is 19.4. The Morgan fingerprint density at radius 2 is 2.00 bits per heavy atom. The highest BCUT2D eigenvalue weighted by Gasteiger charge is 2.29. The number of hydrogen-bond acceptors (Lipinski definition) is 3. The predicted octanol–water partition coefficient (Wildman–Crippen LogP) is 0.441. The van der Waals surface area contributed by atoms with E-state index in [4.69, 9.17) is 5.73 Å². The molecule has 0 bridgehead atoms. The zero-order chi connectivity index (χ0) is 8.91. The number of esters is 1. The Bertz CT molecular complexity index is 134. The van der Waals surface area contributed by atoms with Crippen molar-refractivity contribution in [3.8, 4) is 0 Å². The summed E-state index contributed by atoms with van der Waals surface area (Å²) in [5.74, 6) is -0.926. The molecular formula is C5H8F3NO2. The van der Waals surface area contributed by atoms with Crippen LogP contribution in [0.2, 0.25) is 0 Å². The van der Waals surface area contributed by atoms with Crippen LogP contribution in [0.25, 0.3) is 0 Å². The molecule has 2 N–H and O–H groups in total. The van der Waals surface area contributed by atoms with Crippen molar-refractivity contribution in [2.24, 2.45) is 5.73 Å². The summed E-state index contributed by atoms with van der Waals surface area (Å²) in [5.41, 5.74) is 4.89. The van der Waals surface area contributed by atoms with Crippen LogP contribution in [0, 0.1) is 0 Å². The zero-order valence-corrected chi connectivity index (χ0v) is 5.65. The molecule has 0 rings (SSSR count). The second-order valence-electron chi connectivity index (χ2n) is 1.81. The lowest BCUT2D eigenvalue weighted by molar-refractivity contribution is -0.186. The summed E-state index contributed by atoms with van der Waals surface area (Å²) >= 11 is 0. The van der Waals surface area contributed by atoms with Crippen molar-refractivity contribution in [2.75, 3.05) is 13.2 Å². The first-order valence-electron chi connectivity index (χ1n) is 2.88. The molecular weight excluding hydrogens is 163 g/mol. The van der Waals surface area contributed by atoms with E-state index in [1.54, 1.807) is 0 Å². The Morgan fingerprint density at radius 1 is 1.45 bits per heavy atom. The quantitative estimate of drug-likeness (QED) is 0.627. The molecule has 0 aromatic heterocycles. The summed E-state index contributed by atoms with van der Waals surface area (Å²) in [6.07, 6.45) is -4.64. The molecule has 0 unspecified atom stereocenters. The van der Waals surface area contributed by atoms with Crippen LogP contribution >= 0.6 is 0 Å². The topological polar surface area (TPSA) is 52.3 Å². The fraction of sp³-hybridized carbons (Fsp3) is 0.800. The molecule has 0 saturated heterocycles. The van der Waals surface area contributed by atoms with Crippen LogP contribution in [0.5, 0.6) is 0 Å². The Hall–Kier alpha value is -0.780. The van der Waals surface area contributed by atoms with Gasteiger partial charge in [-0.2, -0.15) is 13.2 Å². The van der Waals surface area contributed by atoms with E-state index in [0.717, 1.165) is 0 Å². The maximum atomic E-state index is 11.3. The van der Waals surface area contributed by atoms with Gasteiger partial charge in [-0.25, -0.2) is 0 Å². The lowest BCUT2D eigenvalue weighted by Crippen LogP contribution is -2.21. The maximum absolute atomic E-state index is 11.3. The van der Waals surface area contributed by atoms with Crippen LogP contribution in [-0.2, 0) is 9.53 Å². The highest BCUT2D eigenvalue weighted by Crippen LogP contribution is 2.14. The molecule has 66 valence electrons. The Balaban J connectivity index is 3.46. The zero-order valence-electron chi connectivity index (χ0n) is 5.65. The molecule has 0 radical (unpaired) electrons. The van der Waals surface area contributed by atoms with E-state index in [2.05, 4.69) is 4.74 Å². The average Bonchev–Trinajstić information content (AvgIpc) is 1.83. The van der Waals surface area contributed by atoms with Crippen LogP contribution in [0.1, 0.15) is 6.42 Å². The number of rotatable bonds is 3. The first-order valence-corrected chi connectivity index (χ1v) is 2.88. The van der Waals surface area contributed by atoms with Crippen LogP contribution < -0.4 is 5.73 Å². The van der Waals surface area contributed by atoms with Crippen molar-refractivity contribution in [3.63, 3.8) is 0 Å². The van der Waals surface area contributed by atoms with Crippen molar-refractivity contribution >= 4 is 5.97 Å². The molecule has 3 nitrogen and oxygen atoms in total. The van der Waals surface area contributed by atoms with Gasteiger partial charge in [0, 0.05) is 6.54 Å². The maximum Gasteiger partial charge on any atom is 0.422 e. The molecule has 0 aliphatic heterocycles. The molecule has 0 amide bonds. The first kappa shape index (κ1) is 10.2. The Kier molecular flexibility index (Phi) is 3.88. The summed E-state index contributed by atoms with van der Waals surface area (Å²) in [4.78, 5) is 10.3. The molecule has 0 aliphatic rings. The van der Waals surface area contributed by atoms with Crippen LogP contribution in [0.15, 0.2) is 0 Å². The highest BCUT2D eigenvalue weighted by molar-refractivity contribution is 5.69. The minimum atomic E-state index is -4.45. The fourth-order valence-electron chi connectivity index (χ4n) is 0.352. The summed E-state index contributed by atoms with van der Waals surface area (Å²) in [6, 6.07) is 0. The van der Waals surface area contributed by atoms with E-state index in [1.165, 1.54) is 0 Å². The van der Waals surface area contributed by atoms with E-state index in [9.17, 15) is 18.0 Å². The van der Waals surface area contributed by atoms with Gasteiger partial charge in [0.2, 0.25) is 0 Å². The number of carbonyl (C=O) groups is 1. The van der Waals surface area contributed by atoms with Gasteiger partial charge < -0.3 is 10.5 Å².